The Hall–Kier alpha value is -3.04. The molecule has 0 aliphatic carbocycles. The summed E-state index contributed by atoms with van der Waals surface area (Å²) in [5.41, 5.74) is 7.25. The highest BCUT2D eigenvalue weighted by Crippen LogP contribution is 2.17. The summed E-state index contributed by atoms with van der Waals surface area (Å²) in [5.74, 6) is 0. The minimum atomic E-state index is 0.556. The molecule has 0 unspecified atom stereocenters. The maximum Gasteiger partial charge on any atom is 0.203 e. The van der Waals surface area contributed by atoms with Gasteiger partial charge in [-0.1, -0.05) is 24.3 Å². The smallest absolute Gasteiger partial charge is 0.203 e. The fourth-order valence-electron chi connectivity index (χ4n) is 1.94. The maximum absolute atomic E-state index is 8.79. The third-order valence-corrected chi connectivity index (χ3v) is 3.96. The van der Waals surface area contributed by atoms with Gasteiger partial charge in [0.15, 0.2) is 0 Å². The van der Waals surface area contributed by atoms with Gasteiger partial charge in [-0.15, -0.1) is 11.3 Å². The van der Waals surface area contributed by atoms with Gasteiger partial charge in [0.1, 0.15) is 6.07 Å². The largest absolute Gasteiger partial charge is 0.255 e. The quantitative estimate of drug-likeness (QED) is 0.586. The molecule has 0 amide bonds. The molecule has 2 heterocycles. The Morgan fingerprint density at radius 1 is 1.22 bits per heavy atom. The van der Waals surface area contributed by atoms with E-state index >= 15 is 0 Å². The first-order valence-corrected chi connectivity index (χ1v) is 7.80. The lowest BCUT2D eigenvalue weighted by atomic mass is 10.1. The molecule has 0 fully saturated rings. The van der Waals surface area contributed by atoms with Gasteiger partial charge in [-0.05, 0) is 24.6 Å². The summed E-state index contributed by atoms with van der Waals surface area (Å²) < 4.78 is 0. The summed E-state index contributed by atoms with van der Waals surface area (Å²) in [7, 11) is 0. The minimum absolute atomic E-state index is 0.556. The van der Waals surface area contributed by atoms with Gasteiger partial charge in [-0.2, -0.15) is 10.4 Å². The molecule has 0 spiro atoms. The molecule has 6 heteroatoms. The number of aryl methyl sites for hydroxylation is 1. The maximum atomic E-state index is 8.79. The number of hydrogen-bond donors (Lipinski definition) is 1. The van der Waals surface area contributed by atoms with Crippen molar-refractivity contribution in [2.24, 2.45) is 5.10 Å². The first kappa shape index (κ1) is 14.9. The number of hydrazone groups is 1. The lowest BCUT2D eigenvalue weighted by Crippen LogP contribution is -1.90. The van der Waals surface area contributed by atoms with Gasteiger partial charge in [0.25, 0.3) is 0 Å². The molecule has 1 aromatic carbocycles. The Morgan fingerprint density at radius 3 is 2.65 bits per heavy atom. The van der Waals surface area contributed by atoms with Crippen LogP contribution >= 0.6 is 11.3 Å². The predicted molar refractivity (Wildman–Crippen MR) is 92.5 cm³/mol. The van der Waals surface area contributed by atoms with Crippen molar-refractivity contribution in [2.75, 3.05) is 5.43 Å². The second-order valence-electron chi connectivity index (χ2n) is 4.83. The third-order valence-electron chi connectivity index (χ3n) is 3.09. The fourth-order valence-corrected chi connectivity index (χ4v) is 2.58. The van der Waals surface area contributed by atoms with Crippen LogP contribution in [0.4, 0.5) is 5.13 Å². The molecule has 0 saturated carbocycles. The van der Waals surface area contributed by atoms with Crippen LogP contribution in [0.15, 0.2) is 53.1 Å². The molecule has 0 radical (unpaired) electrons. The van der Waals surface area contributed by atoms with Gasteiger partial charge >= 0.3 is 0 Å². The van der Waals surface area contributed by atoms with Crippen LogP contribution in [0.5, 0.6) is 0 Å². The number of aromatic nitrogens is 2. The lowest BCUT2D eigenvalue weighted by Gasteiger charge is -2.01. The molecule has 0 aliphatic rings. The molecule has 1 N–H and O–H groups in total. The van der Waals surface area contributed by atoms with Crippen LogP contribution in [-0.4, -0.2) is 16.2 Å². The topological polar surface area (TPSA) is 74.0 Å². The number of rotatable bonds is 4. The average Bonchev–Trinajstić information content (AvgIpc) is 3.01. The summed E-state index contributed by atoms with van der Waals surface area (Å²) in [5, 5.41) is 15.7. The van der Waals surface area contributed by atoms with Gasteiger partial charge in [-0.25, -0.2) is 4.98 Å². The van der Waals surface area contributed by atoms with Crippen molar-refractivity contribution in [3.8, 4) is 17.3 Å². The number of benzene rings is 1. The van der Waals surface area contributed by atoms with E-state index in [4.69, 9.17) is 5.26 Å². The highest BCUT2D eigenvalue weighted by atomic mass is 32.1. The number of pyridine rings is 1. The van der Waals surface area contributed by atoms with Gasteiger partial charge in [0, 0.05) is 17.1 Å². The van der Waals surface area contributed by atoms with E-state index in [2.05, 4.69) is 26.6 Å². The molecular formula is C17H13N5S. The number of nitrogens with zero attached hydrogens (tertiary/aromatic N) is 4. The highest BCUT2D eigenvalue weighted by molar-refractivity contribution is 7.13. The molecule has 0 atom stereocenters. The Labute approximate surface area is 138 Å². The van der Waals surface area contributed by atoms with E-state index in [1.807, 2.05) is 42.6 Å². The Kier molecular flexibility index (Phi) is 4.41. The van der Waals surface area contributed by atoms with Crippen LogP contribution in [0, 0.1) is 18.3 Å². The zero-order chi connectivity index (χ0) is 16.1. The Morgan fingerprint density at radius 2 is 2.04 bits per heavy atom. The van der Waals surface area contributed by atoms with E-state index in [0.29, 0.717) is 5.56 Å². The summed E-state index contributed by atoms with van der Waals surface area (Å²) >= 11 is 1.52. The van der Waals surface area contributed by atoms with Crippen LogP contribution < -0.4 is 5.43 Å². The second kappa shape index (κ2) is 6.81. The molecule has 2 aromatic heterocycles. The molecule has 0 bridgehead atoms. The van der Waals surface area contributed by atoms with Crippen LogP contribution in [0.1, 0.15) is 16.8 Å². The monoisotopic (exact) mass is 319 g/mol. The van der Waals surface area contributed by atoms with Gasteiger partial charge in [0.2, 0.25) is 5.13 Å². The van der Waals surface area contributed by atoms with Crippen molar-refractivity contribution in [3.05, 3.63) is 64.8 Å². The molecule has 3 aromatic rings. The van der Waals surface area contributed by atoms with Crippen LogP contribution in [-0.2, 0) is 0 Å². The number of nitriles is 1. The third kappa shape index (κ3) is 3.78. The first-order chi connectivity index (χ1) is 11.2. The normalized spacial score (nSPS) is 10.6. The zero-order valence-corrected chi connectivity index (χ0v) is 13.2. The van der Waals surface area contributed by atoms with E-state index in [0.717, 1.165) is 27.6 Å². The molecule has 0 aliphatic heterocycles. The number of nitrogens with one attached hydrogen (secondary N) is 1. The van der Waals surface area contributed by atoms with Gasteiger partial charge < -0.3 is 0 Å². The van der Waals surface area contributed by atoms with E-state index in [9.17, 15) is 0 Å². The van der Waals surface area contributed by atoms with Crippen LogP contribution in [0.25, 0.3) is 11.3 Å². The molecular weight excluding hydrogens is 306 g/mol. The molecule has 3 rings (SSSR count). The minimum Gasteiger partial charge on any atom is -0.255 e. The van der Waals surface area contributed by atoms with E-state index < -0.39 is 0 Å². The summed E-state index contributed by atoms with van der Waals surface area (Å²) in [6.45, 7) is 1.95. The van der Waals surface area contributed by atoms with Crippen molar-refractivity contribution < 1.29 is 0 Å². The van der Waals surface area contributed by atoms with E-state index in [1.165, 1.54) is 11.3 Å². The van der Waals surface area contributed by atoms with E-state index in [1.54, 1.807) is 18.5 Å². The number of anilines is 1. The predicted octanol–water partition coefficient (Wildman–Crippen LogP) is 3.83. The fraction of sp³-hybridized carbons (Fsp3) is 0.0588. The molecule has 112 valence electrons. The van der Waals surface area contributed by atoms with Crippen molar-refractivity contribution in [3.63, 3.8) is 0 Å². The number of hydrogen-bond acceptors (Lipinski definition) is 6. The first-order valence-electron chi connectivity index (χ1n) is 6.92. The van der Waals surface area contributed by atoms with E-state index in [-0.39, 0.29) is 0 Å². The van der Waals surface area contributed by atoms with Gasteiger partial charge in [-0.3, -0.25) is 10.4 Å². The van der Waals surface area contributed by atoms with Crippen molar-refractivity contribution in [2.45, 2.75) is 6.92 Å². The van der Waals surface area contributed by atoms with Crippen LogP contribution in [0.3, 0.4) is 0 Å². The molecule has 5 nitrogen and oxygen atoms in total. The van der Waals surface area contributed by atoms with Crippen molar-refractivity contribution >= 4 is 22.7 Å². The summed E-state index contributed by atoms with van der Waals surface area (Å²) in [4.78, 5) is 8.55. The Balaban J connectivity index is 1.67. The van der Waals surface area contributed by atoms with Crippen LogP contribution in [0.2, 0.25) is 0 Å². The number of thiazole rings is 1. The molecule has 23 heavy (non-hydrogen) atoms. The summed E-state index contributed by atoms with van der Waals surface area (Å²) in [6, 6.07) is 13.5. The van der Waals surface area contributed by atoms with Crippen molar-refractivity contribution in [1.29, 1.82) is 5.26 Å². The Bertz CT molecular complexity index is 857. The SMILES string of the molecule is Cc1csc(NN=Cc2ccc(-c3ccc(C#N)cn3)cc2)n1. The highest BCUT2D eigenvalue weighted by Gasteiger charge is 2.00. The summed E-state index contributed by atoms with van der Waals surface area (Å²) in [6.07, 6.45) is 3.32. The standard InChI is InChI=1S/C17H13N5S/c1-12-11-23-17(21-12)22-20-10-13-2-5-15(6-3-13)16-7-4-14(8-18)9-19-16/h2-7,9-11H,1H3,(H,21,22). The van der Waals surface area contributed by atoms with Gasteiger partial charge in [0.05, 0.1) is 23.2 Å². The lowest BCUT2D eigenvalue weighted by molar-refractivity contribution is 1.22. The second-order valence-corrected chi connectivity index (χ2v) is 5.69. The zero-order valence-electron chi connectivity index (χ0n) is 12.4. The average molecular weight is 319 g/mol. The van der Waals surface area contributed by atoms with Crippen molar-refractivity contribution in [1.82, 2.24) is 9.97 Å². The molecule has 0 saturated heterocycles.